The van der Waals surface area contributed by atoms with E-state index < -0.39 is 0 Å². The maximum absolute atomic E-state index is 11.4. The van der Waals surface area contributed by atoms with E-state index in [9.17, 15) is 4.79 Å². The molecule has 2 heterocycles. The molecule has 1 aliphatic heterocycles. The molecule has 16 heavy (non-hydrogen) atoms. The summed E-state index contributed by atoms with van der Waals surface area (Å²) in [6, 6.07) is 10.0. The Bertz CT molecular complexity index is 535. The van der Waals surface area contributed by atoms with Crippen LogP contribution in [0.25, 0.3) is 0 Å². The maximum Gasteiger partial charge on any atom is 0.259 e. The summed E-state index contributed by atoms with van der Waals surface area (Å²) < 4.78 is 1.41. The summed E-state index contributed by atoms with van der Waals surface area (Å²) >= 11 is 1.45. The average molecular weight is 231 g/mol. The van der Waals surface area contributed by atoms with E-state index in [1.165, 1.54) is 16.4 Å². The normalized spacial score (nSPS) is 14.1. The lowest BCUT2D eigenvalue weighted by Gasteiger charge is -1.95. The molecule has 1 aromatic carbocycles. The summed E-state index contributed by atoms with van der Waals surface area (Å²) in [5.41, 5.74) is 1.16. The van der Waals surface area contributed by atoms with E-state index in [1.807, 2.05) is 30.3 Å². The Morgan fingerprint density at radius 1 is 1.31 bits per heavy atom. The monoisotopic (exact) mass is 231 g/mol. The molecule has 0 bridgehead atoms. The van der Waals surface area contributed by atoms with Crippen molar-refractivity contribution < 1.29 is 4.79 Å². The molecular weight excluding hydrogens is 222 g/mol. The zero-order chi connectivity index (χ0) is 11.0. The first kappa shape index (κ1) is 9.59. The second kappa shape index (κ2) is 3.75. The lowest BCUT2D eigenvalue weighted by atomic mass is 10.1. The molecule has 4 nitrogen and oxygen atoms in total. The van der Waals surface area contributed by atoms with Crippen LogP contribution in [0, 0.1) is 0 Å². The van der Waals surface area contributed by atoms with E-state index in [-0.39, 0.29) is 5.91 Å². The topological polar surface area (TPSA) is 47.8 Å². The van der Waals surface area contributed by atoms with E-state index in [1.54, 1.807) is 0 Å². The molecule has 0 radical (unpaired) electrons. The van der Waals surface area contributed by atoms with Gasteiger partial charge in [-0.2, -0.15) is 4.68 Å². The van der Waals surface area contributed by atoms with Gasteiger partial charge in [-0.05, 0) is 5.56 Å². The smallest absolute Gasteiger partial charge is 0.259 e. The standard InChI is InChI=1S/C11H9N3OS/c15-10-7-16-11-12-9(13-14(10)11)6-8-4-2-1-3-5-8/h1-5H,6-7H2. The third-order valence-electron chi connectivity index (χ3n) is 2.39. The van der Waals surface area contributed by atoms with Crippen molar-refractivity contribution in [1.82, 2.24) is 14.8 Å². The maximum atomic E-state index is 11.4. The molecule has 5 heteroatoms. The summed E-state index contributed by atoms with van der Waals surface area (Å²) in [6.45, 7) is 0. The Labute approximate surface area is 96.7 Å². The average Bonchev–Trinajstić information content (AvgIpc) is 2.83. The van der Waals surface area contributed by atoms with Gasteiger partial charge < -0.3 is 0 Å². The molecule has 80 valence electrons. The molecule has 0 fully saturated rings. The van der Waals surface area contributed by atoms with E-state index in [0.29, 0.717) is 18.0 Å². The van der Waals surface area contributed by atoms with Gasteiger partial charge >= 0.3 is 0 Å². The zero-order valence-corrected chi connectivity index (χ0v) is 9.28. The van der Waals surface area contributed by atoms with Crippen LogP contribution >= 0.6 is 11.8 Å². The molecule has 0 N–H and O–H groups in total. The van der Waals surface area contributed by atoms with Crippen LogP contribution in [0.3, 0.4) is 0 Å². The van der Waals surface area contributed by atoms with Gasteiger partial charge in [0.05, 0.1) is 5.75 Å². The van der Waals surface area contributed by atoms with Crippen LogP contribution in [0.1, 0.15) is 16.2 Å². The highest BCUT2D eigenvalue weighted by Crippen LogP contribution is 2.23. The van der Waals surface area contributed by atoms with Crippen LogP contribution in [0.4, 0.5) is 0 Å². The number of benzene rings is 1. The molecular formula is C11H9N3OS. The number of fused-ring (bicyclic) bond motifs is 1. The molecule has 0 saturated carbocycles. The van der Waals surface area contributed by atoms with E-state index >= 15 is 0 Å². The van der Waals surface area contributed by atoms with Gasteiger partial charge in [-0.15, -0.1) is 5.10 Å². The van der Waals surface area contributed by atoms with E-state index in [2.05, 4.69) is 10.1 Å². The minimum absolute atomic E-state index is 0.0202. The second-order valence-electron chi connectivity index (χ2n) is 3.57. The number of nitrogens with zero attached hydrogens (tertiary/aromatic N) is 3. The fourth-order valence-corrected chi connectivity index (χ4v) is 2.44. The molecule has 0 spiro atoms. The predicted molar refractivity (Wildman–Crippen MR) is 60.6 cm³/mol. The van der Waals surface area contributed by atoms with Crippen LogP contribution < -0.4 is 0 Å². The third-order valence-corrected chi connectivity index (χ3v) is 3.30. The van der Waals surface area contributed by atoms with Crippen molar-refractivity contribution in [2.24, 2.45) is 0 Å². The Hall–Kier alpha value is -1.62. The van der Waals surface area contributed by atoms with Crippen LogP contribution in [0.5, 0.6) is 0 Å². The van der Waals surface area contributed by atoms with Crippen molar-refractivity contribution in [3.05, 3.63) is 41.7 Å². The van der Waals surface area contributed by atoms with Crippen molar-refractivity contribution in [2.45, 2.75) is 11.6 Å². The molecule has 2 aromatic rings. The molecule has 0 amide bonds. The zero-order valence-electron chi connectivity index (χ0n) is 8.46. The van der Waals surface area contributed by atoms with Crippen LogP contribution in [0.2, 0.25) is 0 Å². The van der Waals surface area contributed by atoms with Gasteiger partial charge in [0.1, 0.15) is 0 Å². The highest BCUT2D eigenvalue weighted by Gasteiger charge is 2.23. The molecule has 0 unspecified atom stereocenters. The fourth-order valence-electron chi connectivity index (χ4n) is 1.63. The summed E-state index contributed by atoms with van der Waals surface area (Å²) in [5, 5.41) is 4.92. The number of rotatable bonds is 2. The largest absolute Gasteiger partial charge is 0.271 e. The van der Waals surface area contributed by atoms with E-state index in [4.69, 9.17) is 0 Å². The third kappa shape index (κ3) is 1.63. The Balaban J connectivity index is 1.87. The second-order valence-corrected chi connectivity index (χ2v) is 4.51. The Kier molecular flexibility index (Phi) is 2.25. The van der Waals surface area contributed by atoms with Crippen LogP contribution in [-0.4, -0.2) is 26.4 Å². The first-order valence-corrected chi connectivity index (χ1v) is 5.97. The van der Waals surface area contributed by atoms with Crippen molar-refractivity contribution in [2.75, 3.05) is 5.75 Å². The molecule has 3 rings (SSSR count). The fraction of sp³-hybridized carbons (Fsp3) is 0.182. The van der Waals surface area contributed by atoms with Crippen LogP contribution in [-0.2, 0) is 6.42 Å². The Morgan fingerprint density at radius 2 is 2.12 bits per heavy atom. The summed E-state index contributed by atoms with van der Waals surface area (Å²) in [5.74, 6) is 1.19. The summed E-state index contributed by atoms with van der Waals surface area (Å²) in [6.07, 6.45) is 0.675. The number of aromatic nitrogens is 3. The predicted octanol–water partition coefficient (Wildman–Crippen LogP) is 1.61. The van der Waals surface area contributed by atoms with Crippen molar-refractivity contribution in [1.29, 1.82) is 0 Å². The molecule has 0 saturated heterocycles. The first-order chi connectivity index (χ1) is 7.83. The molecule has 1 aliphatic rings. The lowest BCUT2D eigenvalue weighted by molar-refractivity contribution is 0.0923. The van der Waals surface area contributed by atoms with Crippen molar-refractivity contribution in [3.63, 3.8) is 0 Å². The van der Waals surface area contributed by atoms with Gasteiger partial charge in [0, 0.05) is 6.42 Å². The summed E-state index contributed by atoms with van der Waals surface area (Å²) in [4.78, 5) is 15.7. The van der Waals surface area contributed by atoms with E-state index in [0.717, 1.165) is 10.7 Å². The lowest BCUT2D eigenvalue weighted by Crippen LogP contribution is -2.09. The van der Waals surface area contributed by atoms with Crippen LogP contribution in [0.15, 0.2) is 35.5 Å². The van der Waals surface area contributed by atoms with Gasteiger partial charge in [-0.1, -0.05) is 42.1 Å². The van der Waals surface area contributed by atoms with Gasteiger partial charge in [0.15, 0.2) is 11.0 Å². The number of hydrogen-bond donors (Lipinski definition) is 0. The van der Waals surface area contributed by atoms with Gasteiger partial charge in [-0.3, -0.25) is 4.79 Å². The van der Waals surface area contributed by atoms with Gasteiger partial charge in [-0.25, -0.2) is 4.98 Å². The van der Waals surface area contributed by atoms with Crippen molar-refractivity contribution in [3.8, 4) is 0 Å². The first-order valence-electron chi connectivity index (χ1n) is 4.99. The Morgan fingerprint density at radius 3 is 2.88 bits per heavy atom. The number of hydrogen-bond acceptors (Lipinski definition) is 4. The summed E-state index contributed by atoms with van der Waals surface area (Å²) in [7, 11) is 0. The number of carbonyl (C=O) groups excluding carboxylic acids is 1. The van der Waals surface area contributed by atoms with Crippen molar-refractivity contribution >= 4 is 17.7 Å². The quantitative estimate of drug-likeness (QED) is 0.788. The molecule has 0 atom stereocenters. The molecule has 1 aromatic heterocycles. The molecule has 0 aliphatic carbocycles. The highest BCUT2D eigenvalue weighted by molar-refractivity contribution is 8.00. The number of thioether (sulfide) groups is 1. The van der Waals surface area contributed by atoms with Gasteiger partial charge in [0.2, 0.25) is 0 Å². The minimum atomic E-state index is 0.0202. The number of carbonyl (C=O) groups is 1. The SMILES string of the molecule is O=C1CSc2nc(Cc3ccccc3)nn21. The minimum Gasteiger partial charge on any atom is -0.271 e. The van der Waals surface area contributed by atoms with Gasteiger partial charge in [0.25, 0.3) is 5.91 Å². The highest BCUT2D eigenvalue weighted by atomic mass is 32.2.